The van der Waals surface area contributed by atoms with E-state index in [2.05, 4.69) is 24.4 Å². The predicted octanol–water partition coefficient (Wildman–Crippen LogP) is 3.41. The summed E-state index contributed by atoms with van der Waals surface area (Å²) in [6, 6.07) is 8.74. The fourth-order valence-corrected chi connectivity index (χ4v) is 1.73. The second-order valence-electron chi connectivity index (χ2n) is 2.27. The Bertz CT molecular complexity index is 197. The van der Waals surface area contributed by atoms with Crippen molar-refractivity contribution in [2.75, 3.05) is 17.1 Å². The number of benzene rings is 1. The van der Waals surface area contributed by atoms with Crippen molar-refractivity contribution < 1.29 is 0 Å². The van der Waals surface area contributed by atoms with Crippen LogP contribution < -0.4 is 5.32 Å². The van der Waals surface area contributed by atoms with Gasteiger partial charge in [-0.1, -0.05) is 6.92 Å². The second kappa shape index (κ2) is 5.33. The first-order chi connectivity index (χ1) is 5.86. The maximum atomic E-state index is 5.52. The Labute approximate surface area is 82.5 Å². The summed E-state index contributed by atoms with van der Waals surface area (Å²) in [5.74, 6) is 1.11. The first-order valence-corrected chi connectivity index (χ1v) is 5.41. The molecule has 0 fully saturated rings. The molecule has 0 aliphatic carbocycles. The van der Waals surface area contributed by atoms with Crippen molar-refractivity contribution in [1.29, 1.82) is 0 Å². The van der Waals surface area contributed by atoms with Crippen molar-refractivity contribution in [3.8, 4) is 0 Å². The lowest BCUT2D eigenvalue weighted by molar-refractivity contribution is 1.39. The first-order valence-electron chi connectivity index (χ1n) is 3.89. The van der Waals surface area contributed by atoms with Crippen LogP contribution in [0.4, 0.5) is 5.69 Å². The van der Waals surface area contributed by atoms with Gasteiger partial charge in [-0.25, -0.2) is 0 Å². The standard InChI is InChI=1S/C9H12ClNS/c1-2-12-9-5-3-8(4-6-9)11-7-10/h3-6,11H,2,7H2,1H3. The molecule has 3 heteroatoms. The summed E-state index contributed by atoms with van der Waals surface area (Å²) in [7, 11) is 0. The predicted molar refractivity (Wildman–Crippen MR) is 57.2 cm³/mol. The van der Waals surface area contributed by atoms with E-state index in [1.54, 1.807) is 0 Å². The van der Waals surface area contributed by atoms with Gasteiger partial charge in [-0.2, -0.15) is 0 Å². The minimum atomic E-state index is 0.459. The SMILES string of the molecule is CCSc1ccc(NCCl)cc1. The Kier molecular flexibility index (Phi) is 4.33. The van der Waals surface area contributed by atoms with E-state index in [4.69, 9.17) is 11.6 Å². The van der Waals surface area contributed by atoms with E-state index in [0.29, 0.717) is 6.00 Å². The van der Waals surface area contributed by atoms with Gasteiger partial charge in [0.1, 0.15) is 0 Å². The molecule has 1 aromatic carbocycles. The lowest BCUT2D eigenvalue weighted by atomic mass is 10.3. The molecule has 66 valence electrons. The quantitative estimate of drug-likeness (QED) is 0.455. The van der Waals surface area contributed by atoms with Gasteiger partial charge in [-0.05, 0) is 30.0 Å². The van der Waals surface area contributed by atoms with Gasteiger partial charge in [-0.15, -0.1) is 23.4 Å². The van der Waals surface area contributed by atoms with Crippen LogP contribution in [0.2, 0.25) is 0 Å². The van der Waals surface area contributed by atoms with Crippen LogP contribution in [0.25, 0.3) is 0 Å². The van der Waals surface area contributed by atoms with Crippen LogP contribution in [0.15, 0.2) is 29.2 Å². The van der Waals surface area contributed by atoms with E-state index in [1.807, 2.05) is 23.9 Å². The zero-order valence-corrected chi connectivity index (χ0v) is 8.58. The van der Waals surface area contributed by atoms with Crippen LogP contribution in [0.1, 0.15) is 6.92 Å². The number of thioether (sulfide) groups is 1. The van der Waals surface area contributed by atoms with Gasteiger partial charge >= 0.3 is 0 Å². The van der Waals surface area contributed by atoms with Gasteiger partial charge in [0, 0.05) is 10.6 Å². The van der Waals surface area contributed by atoms with Crippen molar-refractivity contribution >= 4 is 29.1 Å². The average Bonchev–Trinajstić information content (AvgIpc) is 2.09. The zero-order chi connectivity index (χ0) is 8.81. The van der Waals surface area contributed by atoms with Crippen molar-refractivity contribution in [2.45, 2.75) is 11.8 Å². The van der Waals surface area contributed by atoms with Gasteiger partial charge in [0.2, 0.25) is 0 Å². The topological polar surface area (TPSA) is 12.0 Å². The van der Waals surface area contributed by atoms with Crippen molar-refractivity contribution in [3.63, 3.8) is 0 Å². The number of hydrogen-bond donors (Lipinski definition) is 1. The molecule has 0 aliphatic rings. The van der Waals surface area contributed by atoms with Crippen LogP contribution in [0, 0.1) is 0 Å². The summed E-state index contributed by atoms with van der Waals surface area (Å²) in [5, 5.41) is 3.03. The van der Waals surface area contributed by atoms with Gasteiger partial charge < -0.3 is 5.32 Å². The van der Waals surface area contributed by atoms with E-state index in [9.17, 15) is 0 Å². The third-order valence-corrected chi connectivity index (χ3v) is 2.46. The van der Waals surface area contributed by atoms with Gasteiger partial charge in [0.05, 0.1) is 6.00 Å². The minimum Gasteiger partial charge on any atom is -0.372 e. The Hall–Kier alpha value is -0.340. The van der Waals surface area contributed by atoms with E-state index >= 15 is 0 Å². The second-order valence-corrected chi connectivity index (χ2v) is 3.87. The zero-order valence-electron chi connectivity index (χ0n) is 7.01. The molecule has 0 aliphatic heterocycles. The fraction of sp³-hybridized carbons (Fsp3) is 0.333. The normalized spacial score (nSPS) is 9.83. The molecular formula is C9H12ClNS. The Morgan fingerprint density at radius 2 is 2.00 bits per heavy atom. The summed E-state index contributed by atoms with van der Waals surface area (Å²) in [4.78, 5) is 1.30. The Balaban J connectivity index is 2.58. The molecule has 0 aromatic heterocycles. The number of nitrogens with one attached hydrogen (secondary N) is 1. The molecule has 12 heavy (non-hydrogen) atoms. The third-order valence-electron chi connectivity index (χ3n) is 1.44. The number of rotatable bonds is 4. The molecule has 1 N–H and O–H groups in total. The Morgan fingerprint density at radius 3 is 2.50 bits per heavy atom. The highest BCUT2D eigenvalue weighted by atomic mass is 35.5. The van der Waals surface area contributed by atoms with Gasteiger partial charge in [0.15, 0.2) is 0 Å². The molecule has 0 bridgehead atoms. The summed E-state index contributed by atoms with van der Waals surface area (Å²) in [6.45, 7) is 2.15. The molecule has 0 heterocycles. The highest BCUT2D eigenvalue weighted by Crippen LogP contribution is 2.19. The minimum absolute atomic E-state index is 0.459. The fourth-order valence-electron chi connectivity index (χ4n) is 0.913. The van der Waals surface area contributed by atoms with Crippen LogP contribution in [0.3, 0.4) is 0 Å². The van der Waals surface area contributed by atoms with E-state index in [1.165, 1.54) is 4.90 Å². The average molecular weight is 202 g/mol. The smallest absolute Gasteiger partial charge is 0.0901 e. The van der Waals surface area contributed by atoms with Crippen molar-refractivity contribution in [3.05, 3.63) is 24.3 Å². The first kappa shape index (κ1) is 9.75. The highest BCUT2D eigenvalue weighted by molar-refractivity contribution is 7.99. The monoisotopic (exact) mass is 201 g/mol. The number of alkyl halides is 1. The number of halogens is 1. The molecule has 1 aromatic rings. The van der Waals surface area contributed by atoms with Crippen LogP contribution in [-0.2, 0) is 0 Å². The van der Waals surface area contributed by atoms with E-state index in [-0.39, 0.29) is 0 Å². The molecule has 0 atom stereocenters. The Morgan fingerprint density at radius 1 is 1.33 bits per heavy atom. The molecule has 1 nitrogen and oxygen atoms in total. The molecule has 0 radical (unpaired) electrons. The summed E-state index contributed by atoms with van der Waals surface area (Å²) in [6.07, 6.45) is 0. The van der Waals surface area contributed by atoms with E-state index in [0.717, 1.165) is 11.4 Å². The van der Waals surface area contributed by atoms with Crippen molar-refractivity contribution in [1.82, 2.24) is 0 Å². The van der Waals surface area contributed by atoms with Crippen LogP contribution in [-0.4, -0.2) is 11.8 Å². The van der Waals surface area contributed by atoms with E-state index < -0.39 is 0 Å². The molecule has 0 unspecified atom stereocenters. The highest BCUT2D eigenvalue weighted by Gasteiger charge is 1.91. The molecular weight excluding hydrogens is 190 g/mol. The van der Waals surface area contributed by atoms with Gasteiger partial charge in [-0.3, -0.25) is 0 Å². The van der Waals surface area contributed by atoms with Crippen molar-refractivity contribution in [2.24, 2.45) is 0 Å². The summed E-state index contributed by atoms with van der Waals surface area (Å²) >= 11 is 7.36. The van der Waals surface area contributed by atoms with Crippen LogP contribution in [0.5, 0.6) is 0 Å². The molecule has 0 spiro atoms. The molecule has 0 saturated carbocycles. The summed E-state index contributed by atoms with van der Waals surface area (Å²) in [5.41, 5.74) is 1.07. The maximum absolute atomic E-state index is 5.52. The van der Waals surface area contributed by atoms with Crippen LogP contribution >= 0.6 is 23.4 Å². The molecule has 0 saturated heterocycles. The largest absolute Gasteiger partial charge is 0.372 e. The number of anilines is 1. The molecule has 0 amide bonds. The van der Waals surface area contributed by atoms with Gasteiger partial charge in [0.25, 0.3) is 0 Å². The lowest BCUT2D eigenvalue weighted by Crippen LogP contribution is -1.92. The number of hydrogen-bond acceptors (Lipinski definition) is 2. The maximum Gasteiger partial charge on any atom is 0.0901 e. The lowest BCUT2D eigenvalue weighted by Gasteiger charge is -2.02. The summed E-state index contributed by atoms with van der Waals surface area (Å²) < 4.78 is 0. The third kappa shape index (κ3) is 2.95. The molecule has 1 rings (SSSR count).